The second-order valence-electron chi connectivity index (χ2n) is 8.01. The van der Waals surface area contributed by atoms with Crippen LogP contribution in [0.4, 0.5) is 0 Å². The normalized spacial score (nSPS) is 20.5. The van der Waals surface area contributed by atoms with Crippen LogP contribution in [0.2, 0.25) is 0 Å². The zero-order valence-corrected chi connectivity index (χ0v) is 18.2. The van der Waals surface area contributed by atoms with Crippen LogP contribution in [0.5, 0.6) is 0 Å². The molecule has 1 atom stereocenters. The van der Waals surface area contributed by atoms with E-state index in [1.54, 1.807) is 18.9 Å². The van der Waals surface area contributed by atoms with Gasteiger partial charge >= 0.3 is 0 Å². The SMILES string of the molecule is CCN(Cc1ccc(SC)cc1)C(C)(C)CCC1=CCC(C)(OC)C=C1. The van der Waals surface area contributed by atoms with E-state index in [1.807, 2.05) is 0 Å². The Morgan fingerprint density at radius 2 is 1.92 bits per heavy atom. The Kier molecular flexibility index (Phi) is 7.57. The predicted octanol–water partition coefficient (Wildman–Crippen LogP) is 6.08. The molecule has 1 aliphatic carbocycles. The van der Waals surface area contributed by atoms with Crippen LogP contribution >= 0.6 is 11.8 Å². The molecule has 1 aliphatic rings. The summed E-state index contributed by atoms with van der Waals surface area (Å²) in [4.78, 5) is 3.92. The van der Waals surface area contributed by atoms with Crippen molar-refractivity contribution in [1.82, 2.24) is 4.90 Å². The van der Waals surface area contributed by atoms with Crippen molar-refractivity contribution >= 4 is 11.8 Å². The summed E-state index contributed by atoms with van der Waals surface area (Å²) >= 11 is 1.80. The van der Waals surface area contributed by atoms with E-state index in [1.165, 1.54) is 16.0 Å². The van der Waals surface area contributed by atoms with Gasteiger partial charge in [0.15, 0.2) is 0 Å². The molecule has 1 aromatic rings. The van der Waals surface area contributed by atoms with Gasteiger partial charge in [-0.15, -0.1) is 11.8 Å². The third kappa shape index (κ3) is 5.73. The second-order valence-corrected chi connectivity index (χ2v) is 8.89. The van der Waals surface area contributed by atoms with Crippen LogP contribution in [0.1, 0.15) is 52.5 Å². The van der Waals surface area contributed by atoms with Crippen molar-refractivity contribution in [3.8, 4) is 0 Å². The van der Waals surface area contributed by atoms with Crippen molar-refractivity contribution < 1.29 is 4.74 Å². The van der Waals surface area contributed by atoms with E-state index in [4.69, 9.17) is 4.74 Å². The summed E-state index contributed by atoms with van der Waals surface area (Å²) in [5.74, 6) is 0. The molecule has 0 N–H and O–H groups in total. The van der Waals surface area contributed by atoms with Crippen LogP contribution in [0.25, 0.3) is 0 Å². The summed E-state index contributed by atoms with van der Waals surface area (Å²) in [6.45, 7) is 11.2. The highest BCUT2D eigenvalue weighted by Crippen LogP contribution is 2.30. The summed E-state index contributed by atoms with van der Waals surface area (Å²) in [7, 11) is 1.79. The molecule has 0 amide bonds. The lowest BCUT2D eigenvalue weighted by Gasteiger charge is -2.38. The van der Waals surface area contributed by atoms with E-state index < -0.39 is 0 Å². The molecule has 0 aromatic heterocycles. The van der Waals surface area contributed by atoms with Gasteiger partial charge in [0.1, 0.15) is 0 Å². The Balaban J connectivity index is 1.94. The first-order chi connectivity index (χ1) is 12.3. The van der Waals surface area contributed by atoms with Crippen molar-refractivity contribution in [2.45, 2.75) is 69.5 Å². The quantitative estimate of drug-likeness (QED) is 0.487. The zero-order chi connectivity index (χ0) is 19.2. The summed E-state index contributed by atoms with van der Waals surface area (Å²) in [6, 6.07) is 8.99. The van der Waals surface area contributed by atoms with Crippen molar-refractivity contribution in [2.75, 3.05) is 19.9 Å². The largest absolute Gasteiger partial charge is 0.374 e. The molecule has 1 aromatic carbocycles. The first-order valence-corrected chi connectivity index (χ1v) is 10.9. The molecule has 2 rings (SSSR count). The average Bonchev–Trinajstić information content (AvgIpc) is 2.66. The van der Waals surface area contributed by atoms with E-state index in [-0.39, 0.29) is 11.1 Å². The van der Waals surface area contributed by atoms with Crippen LogP contribution in [-0.4, -0.2) is 36.0 Å². The fourth-order valence-corrected chi connectivity index (χ4v) is 3.81. The molecule has 26 heavy (non-hydrogen) atoms. The minimum absolute atomic E-state index is 0.128. The summed E-state index contributed by atoms with van der Waals surface area (Å²) in [5.41, 5.74) is 2.87. The highest BCUT2D eigenvalue weighted by atomic mass is 32.2. The standard InChI is InChI=1S/C23H35NOS/c1-7-24(18-20-8-10-21(26-6)11-9-20)22(2,3)15-12-19-13-16-23(4,25-5)17-14-19/h8-11,13-14,16H,7,12,15,17-18H2,1-6H3. The molecule has 0 spiro atoms. The molecule has 0 heterocycles. The number of nitrogens with zero attached hydrogens (tertiary/aromatic N) is 1. The van der Waals surface area contributed by atoms with Gasteiger partial charge in [-0.1, -0.05) is 42.9 Å². The molecular formula is C23H35NOS. The molecule has 3 heteroatoms. The van der Waals surface area contributed by atoms with Crippen LogP contribution in [-0.2, 0) is 11.3 Å². The van der Waals surface area contributed by atoms with Gasteiger partial charge in [-0.2, -0.15) is 0 Å². The number of benzene rings is 1. The first kappa shape index (κ1) is 21.3. The van der Waals surface area contributed by atoms with Crippen LogP contribution in [0.15, 0.2) is 53.0 Å². The van der Waals surface area contributed by atoms with Crippen molar-refractivity contribution in [3.05, 3.63) is 53.6 Å². The van der Waals surface area contributed by atoms with E-state index in [2.05, 4.69) is 81.3 Å². The average molecular weight is 374 g/mol. The number of ether oxygens (including phenoxy) is 1. The molecular weight excluding hydrogens is 338 g/mol. The van der Waals surface area contributed by atoms with Crippen molar-refractivity contribution in [2.24, 2.45) is 0 Å². The topological polar surface area (TPSA) is 12.5 Å². The van der Waals surface area contributed by atoms with Crippen LogP contribution < -0.4 is 0 Å². The highest BCUT2D eigenvalue weighted by Gasteiger charge is 2.27. The van der Waals surface area contributed by atoms with Gasteiger partial charge in [0.25, 0.3) is 0 Å². The lowest BCUT2D eigenvalue weighted by atomic mass is 9.88. The Bertz CT molecular complexity index is 632. The number of hydrogen-bond donors (Lipinski definition) is 0. The molecule has 0 bridgehead atoms. The first-order valence-electron chi connectivity index (χ1n) is 9.63. The van der Waals surface area contributed by atoms with Crippen LogP contribution in [0.3, 0.4) is 0 Å². The van der Waals surface area contributed by atoms with Gasteiger partial charge in [0.2, 0.25) is 0 Å². The zero-order valence-electron chi connectivity index (χ0n) is 17.3. The van der Waals surface area contributed by atoms with E-state index >= 15 is 0 Å². The smallest absolute Gasteiger partial charge is 0.0868 e. The maximum atomic E-state index is 5.57. The number of rotatable bonds is 9. The summed E-state index contributed by atoms with van der Waals surface area (Å²) < 4.78 is 5.57. The molecule has 144 valence electrons. The number of methoxy groups -OCH3 is 1. The minimum atomic E-state index is -0.128. The molecule has 0 saturated heterocycles. The fourth-order valence-electron chi connectivity index (χ4n) is 3.40. The predicted molar refractivity (Wildman–Crippen MR) is 115 cm³/mol. The third-order valence-corrected chi connectivity index (χ3v) is 6.43. The Labute approximate surface area is 164 Å². The fraction of sp³-hybridized carbons (Fsp3) is 0.565. The van der Waals surface area contributed by atoms with Crippen molar-refractivity contribution in [1.29, 1.82) is 0 Å². The summed E-state index contributed by atoms with van der Waals surface area (Å²) in [6.07, 6.45) is 12.2. The lowest BCUT2D eigenvalue weighted by Crippen LogP contribution is -2.43. The minimum Gasteiger partial charge on any atom is -0.374 e. The molecule has 0 aliphatic heterocycles. The summed E-state index contributed by atoms with van der Waals surface area (Å²) in [5, 5.41) is 0. The van der Waals surface area contributed by atoms with Gasteiger partial charge < -0.3 is 4.74 Å². The van der Waals surface area contributed by atoms with Gasteiger partial charge in [-0.05, 0) is 70.5 Å². The van der Waals surface area contributed by atoms with Gasteiger partial charge in [-0.25, -0.2) is 0 Å². The monoisotopic (exact) mass is 373 g/mol. The second kappa shape index (κ2) is 9.25. The maximum Gasteiger partial charge on any atom is 0.0868 e. The lowest BCUT2D eigenvalue weighted by molar-refractivity contribution is 0.0500. The highest BCUT2D eigenvalue weighted by molar-refractivity contribution is 7.98. The Morgan fingerprint density at radius 3 is 2.42 bits per heavy atom. The molecule has 0 radical (unpaired) electrons. The van der Waals surface area contributed by atoms with Gasteiger partial charge in [0.05, 0.1) is 5.60 Å². The molecule has 0 fully saturated rings. The van der Waals surface area contributed by atoms with E-state index in [0.717, 1.165) is 32.4 Å². The Morgan fingerprint density at radius 1 is 1.23 bits per heavy atom. The Hall–Kier alpha value is -1.03. The molecule has 1 unspecified atom stereocenters. The van der Waals surface area contributed by atoms with E-state index in [0.29, 0.717) is 0 Å². The third-order valence-electron chi connectivity index (χ3n) is 5.68. The van der Waals surface area contributed by atoms with Gasteiger partial charge in [-0.3, -0.25) is 4.90 Å². The number of allylic oxidation sites excluding steroid dienone is 2. The molecule has 0 saturated carbocycles. The number of thioether (sulfide) groups is 1. The van der Waals surface area contributed by atoms with Crippen LogP contribution in [0, 0.1) is 0 Å². The van der Waals surface area contributed by atoms with E-state index in [9.17, 15) is 0 Å². The van der Waals surface area contributed by atoms with Gasteiger partial charge in [0, 0.05) is 24.1 Å². The molecule has 2 nitrogen and oxygen atoms in total. The van der Waals surface area contributed by atoms with Crippen molar-refractivity contribution in [3.63, 3.8) is 0 Å². The number of hydrogen-bond acceptors (Lipinski definition) is 3. The maximum absolute atomic E-state index is 5.57.